The molecule has 1 aromatic heterocycles. The Morgan fingerprint density at radius 2 is 1.97 bits per heavy atom. The van der Waals surface area contributed by atoms with Crippen LogP contribution < -0.4 is 5.32 Å². The molecule has 1 amide bonds. The number of morpholine rings is 1. The number of carbonyl (C=O) groups excluding carboxylic acids is 1. The van der Waals surface area contributed by atoms with Crippen LogP contribution in [0.15, 0.2) is 29.6 Å². The van der Waals surface area contributed by atoms with Crippen molar-refractivity contribution in [3.05, 3.63) is 40.9 Å². The van der Waals surface area contributed by atoms with E-state index in [0.717, 1.165) is 62.0 Å². The number of aromatic nitrogens is 1. The summed E-state index contributed by atoms with van der Waals surface area (Å²) in [4.78, 5) is 19.6. The largest absolute Gasteiger partial charge is 0.379 e. The highest BCUT2D eigenvalue weighted by Crippen LogP contribution is 2.25. The fraction of sp³-hybridized carbons (Fsp3) is 0.565. The summed E-state index contributed by atoms with van der Waals surface area (Å²) in [7, 11) is 0. The van der Waals surface area contributed by atoms with Crippen LogP contribution in [-0.4, -0.2) is 48.1 Å². The molecule has 1 N–H and O–H groups in total. The third-order valence-electron chi connectivity index (χ3n) is 5.80. The minimum atomic E-state index is 0.106. The van der Waals surface area contributed by atoms with Gasteiger partial charge in [0.2, 0.25) is 5.91 Å². The Kier molecular flexibility index (Phi) is 7.30. The summed E-state index contributed by atoms with van der Waals surface area (Å²) in [6, 6.07) is 8.96. The molecule has 0 spiro atoms. The van der Waals surface area contributed by atoms with Gasteiger partial charge in [0.25, 0.3) is 0 Å². The molecule has 0 unspecified atom stereocenters. The number of amides is 1. The number of carbonyl (C=O) groups is 1. The van der Waals surface area contributed by atoms with E-state index in [4.69, 9.17) is 9.72 Å². The zero-order valence-corrected chi connectivity index (χ0v) is 17.9. The first-order valence-corrected chi connectivity index (χ1v) is 11.8. The Balaban J connectivity index is 1.34. The average Bonchev–Trinajstić information content (AvgIpc) is 3.04. The van der Waals surface area contributed by atoms with Crippen molar-refractivity contribution in [3.63, 3.8) is 0 Å². The molecule has 1 aliphatic carbocycles. The molecule has 2 aliphatic rings. The quantitative estimate of drug-likeness (QED) is 0.727. The third kappa shape index (κ3) is 6.11. The molecular weight excluding hydrogens is 382 g/mol. The predicted octanol–water partition coefficient (Wildman–Crippen LogP) is 4.02. The third-order valence-corrected chi connectivity index (χ3v) is 6.74. The number of rotatable bonds is 6. The molecule has 29 heavy (non-hydrogen) atoms. The highest BCUT2D eigenvalue weighted by atomic mass is 32.1. The average molecular weight is 414 g/mol. The van der Waals surface area contributed by atoms with Gasteiger partial charge in [-0.05, 0) is 24.5 Å². The second kappa shape index (κ2) is 10.3. The van der Waals surface area contributed by atoms with E-state index in [9.17, 15) is 4.79 Å². The lowest BCUT2D eigenvalue weighted by Crippen LogP contribution is -2.35. The lowest BCUT2D eigenvalue weighted by Gasteiger charge is -2.26. The van der Waals surface area contributed by atoms with Crippen molar-refractivity contribution in [1.82, 2.24) is 15.2 Å². The summed E-state index contributed by atoms with van der Waals surface area (Å²) in [6.07, 6.45) is 7.66. The van der Waals surface area contributed by atoms with Gasteiger partial charge in [-0.1, -0.05) is 43.9 Å². The maximum Gasteiger partial charge on any atom is 0.226 e. The van der Waals surface area contributed by atoms with Gasteiger partial charge in [0.1, 0.15) is 5.01 Å². The van der Waals surface area contributed by atoms with Crippen LogP contribution in [-0.2, 0) is 22.5 Å². The van der Waals surface area contributed by atoms with Crippen LogP contribution >= 0.6 is 11.3 Å². The van der Waals surface area contributed by atoms with Gasteiger partial charge in [0, 0.05) is 36.6 Å². The lowest BCUT2D eigenvalue weighted by molar-refractivity contribution is -0.121. The molecule has 0 bridgehead atoms. The van der Waals surface area contributed by atoms with Crippen LogP contribution in [0.1, 0.15) is 49.8 Å². The van der Waals surface area contributed by atoms with E-state index in [-0.39, 0.29) is 5.91 Å². The summed E-state index contributed by atoms with van der Waals surface area (Å²) < 4.78 is 5.44. The number of hydrogen-bond donors (Lipinski definition) is 1. The van der Waals surface area contributed by atoms with Crippen LogP contribution in [0.2, 0.25) is 0 Å². The highest BCUT2D eigenvalue weighted by molar-refractivity contribution is 7.13. The summed E-state index contributed by atoms with van der Waals surface area (Å²) >= 11 is 1.62. The Morgan fingerprint density at radius 3 is 2.76 bits per heavy atom. The van der Waals surface area contributed by atoms with Crippen LogP contribution in [0.3, 0.4) is 0 Å². The fourth-order valence-electron chi connectivity index (χ4n) is 4.21. The molecule has 0 atom stereocenters. The SMILES string of the molecule is O=C(Cc1csc(-c2cccc(CN3CCOCC3)c2)n1)NC1CCCCCC1. The maximum absolute atomic E-state index is 12.5. The normalized spacial score (nSPS) is 19.0. The molecule has 6 heteroatoms. The van der Waals surface area contributed by atoms with Crippen molar-refractivity contribution in [2.45, 2.75) is 57.5 Å². The molecule has 4 rings (SSSR count). The van der Waals surface area contributed by atoms with Crippen LogP contribution in [0.25, 0.3) is 10.6 Å². The van der Waals surface area contributed by atoms with Crippen LogP contribution in [0.4, 0.5) is 0 Å². The summed E-state index contributed by atoms with van der Waals surface area (Å²) in [5, 5.41) is 6.24. The Morgan fingerprint density at radius 1 is 1.17 bits per heavy atom. The number of thiazole rings is 1. The smallest absolute Gasteiger partial charge is 0.226 e. The van der Waals surface area contributed by atoms with Gasteiger partial charge in [-0.15, -0.1) is 11.3 Å². The molecule has 1 aromatic carbocycles. The lowest BCUT2D eigenvalue weighted by atomic mass is 10.1. The molecule has 1 saturated heterocycles. The molecule has 1 saturated carbocycles. The summed E-state index contributed by atoms with van der Waals surface area (Å²) in [5.74, 6) is 0.106. The highest BCUT2D eigenvalue weighted by Gasteiger charge is 2.16. The van der Waals surface area contributed by atoms with Crippen molar-refractivity contribution in [2.24, 2.45) is 0 Å². The van der Waals surface area contributed by atoms with Gasteiger partial charge in [0.05, 0.1) is 25.3 Å². The van der Waals surface area contributed by atoms with E-state index in [1.54, 1.807) is 11.3 Å². The Labute approximate surface area is 177 Å². The van der Waals surface area contributed by atoms with E-state index in [1.165, 1.54) is 31.2 Å². The number of ether oxygens (including phenoxy) is 1. The number of benzene rings is 1. The van der Waals surface area contributed by atoms with Crippen molar-refractivity contribution in [3.8, 4) is 10.6 Å². The van der Waals surface area contributed by atoms with E-state index in [0.29, 0.717) is 12.5 Å². The standard InChI is InChI=1S/C23H31N3O2S/c27-22(24-20-8-3-1-2-4-9-20)15-21-17-29-23(25-21)19-7-5-6-18(14-19)16-26-10-12-28-13-11-26/h5-7,14,17,20H,1-4,8-13,15-16H2,(H,24,27). The number of nitrogens with zero attached hydrogens (tertiary/aromatic N) is 2. The van der Waals surface area contributed by atoms with E-state index in [1.807, 2.05) is 5.38 Å². The molecular formula is C23H31N3O2S. The second-order valence-corrected chi connectivity index (χ2v) is 9.02. The van der Waals surface area contributed by atoms with Gasteiger partial charge < -0.3 is 10.1 Å². The van der Waals surface area contributed by atoms with Gasteiger partial charge in [-0.2, -0.15) is 0 Å². The maximum atomic E-state index is 12.5. The molecule has 156 valence electrons. The first kappa shape index (κ1) is 20.5. The first-order valence-electron chi connectivity index (χ1n) is 10.9. The Hall–Kier alpha value is -1.76. The molecule has 1 aliphatic heterocycles. The predicted molar refractivity (Wildman–Crippen MR) is 117 cm³/mol. The van der Waals surface area contributed by atoms with Crippen LogP contribution in [0, 0.1) is 0 Å². The van der Waals surface area contributed by atoms with E-state index >= 15 is 0 Å². The van der Waals surface area contributed by atoms with Crippen molar-refractivity contribution < 1.29 is 9.53 Å². The summed E-state index contributed by atoms with van der Waals surface area (Å²) in [6.45, 7) is 4.56. The minimum Gasteiger partial charge on any atom is -0.379 e. The zero-order chi connectivity index (χ0) is 19.9. The molecule has 2 aromatic rings. The van der Waals surface area contributed by atoms with Crippen LogP contribution in [0.5, 0.6) is 0 Å². The fourth-order valence-corrected chi connectivity index (χ4v) is 5.02. The molecule has 2 fully saturated rings. The van der Waals surface area contributed by atoms with Crippen molar-refractivity contribution in [2.75, 3.05) is 26.3 Å². The second-order valence-electron chi connectivity index (χ2n) is 8.17. The van der Waals surface area contributed by atoms with Gasteiger partial charge in [0.15, 0.2) is 0 Å². The Bertz CT molecular complexity index is 793. The van der Waals surface area contributed by atoms with Crippen molar-refractivity contribution >= 4 is 17.2 Å². The topological polar surface area (TPSA) is 54.5 Å². The van der Waals surface area contributed by atoms with E-state index in [2.05, 4.69) is 34.5 Å². The summed E-state index contributed by atoms with van der Waals surface area (Å²) in [5.41, 5.74) is 3.30. The van der Waals surface area contributed by atoms with Gasteiger partial charge in [-0.25, -0.2) is 4.98 Å². The number of nitrogens with one attached hydrogen (secondary N) is 1. The van der Waals surface area contributed by atoms with Gasteiger partial charge in [-0.3, -0.25) is 9.69 Å². The first-order chi connectivity index (χ1) is 14.3. The minimum absolute atomic E-state index is 0.106. The van der Waals surface area contributed by atoms with Crippen molar-refractivity contribution in [1.29, 1.82) is 0 Å². The zero-order valence-electron chi connectivity index (χ0n) is 17.1. The van der Waals surface area contributed by atoms with E-state index < -0.39 is 0 Å². The monoisotopic (exact) mass is 413 g/mol. The number of hydrogen-bond acceptors (Lipinski definition) is 5. The molecule has 5 nitrogen and oxygen atoms in total. The molecule has 0 radical (unpaired) electrons. The molecule has 2 heterocycles. The van der Waals surface area contributed by atoms with Gasteiger partial charge >= 0.3 is 0 Å².